The zero-order valence-electron chi connectivity index (χ0n) is 8.22. The SMILES string of the molecule is CC(CC#N)N1CCn2cnnc2C1. The topological polar surface area (TPSA) is 57.7 Å². The van der Waals surface area contributed by atoms with Crippen molar-refractivity contribution in [3.63, 3.8) is 0 Å². The number of fused-ring (bicyclic) bond motifs is 1. The lowest BCUT2D eigenvalue weighted by Gasteiger charge is -2.30. The van der Waals surface area contributed by atoms with Crippen LogP contribution in [0.4, 0.5) is 0 Å². The van der Waals surface area contributed by atoms with Crippen molar-refractivity contribution < 1.29 is 0 Å². The monoisotopic (exact) mass is 191 g/mol. The van der Waals surface area contributed by atoms with E-state index in [-0.39, 0.29) is 0 Å². The van der Waals surface area contributed by atoms with Crippen molar-refractivity contribution in [3.05, 3.63) is 12.2 Å². The van der Waals surface area contributed by atoms with Gasteiger partial charge in [-0.15, -0.1) is 10.2 Å². The van der Waals surface area contributed by atoms with Crippen LogP contribution in [0.3, 0.4) is 0 Å². The van der Waals surface area contributed by atoms with Crippen LogP contribution in [0.15, 0.2) is 6.33 Å². The number of nitriles is 1. The zero-order chi connectivity index (χ0) is 9.97. The molecular formula is C9H13N5. The van der Waals surface area contributed by atoms with Crippen LogP contribution in [0.5, 0.6) is 0 Å². The van der Waals surface area contributed by atoms with Crippen LogP contribution in [-0.4, -0.2) is 32.3 Å². The number of hydrogen-bond donors (Lipinski definition) is 0. The van der Waals surface area contributed by atoms with E-state index in [4.69, 9.17) is 5.26 Å². The molecule has 0 fully saturated rings. The summed E-state index contributed by atoms with van der Waals surface area (Å²) in [4.78, 5) is 2.27. The standard InChI is InChI=1S/C9H13N5/c1-8(2-3-10)13-4-5-14-7-11-12-9(14)6-13/h7-8H,2,4-6H2,1H3. The van der Waals surface area contributed by atoms with Crippen molar-refractivity contribution in [2.75, 3.05) is 6.54 Å². The van der Waals surface area contributed by atoms with Crippen molar-refractivity contribution in [2.45, 2.75) is 32.5 Å². The molecule has 1 aromatic heterocycles. The van der Waals surface area contributed by atoms with Gasteiger partial charge >= 0.3 is 0 Å². The molecule has 5 heteroatoms. The normalized spacial score (nSPS) is 18.6. The lowest BCUT2D eigenvalue weighted by atomic mass is 10.2. The summed E-state index contributed by atoms with van der Waals surface area (Å²) in [5.74, 6) is 1.00. The Morgan fingerprint density at radius 3 is 3.29 bits per heavy atom. The fraction of sp³-hybridized carbons (Fsp3) is 0.667. The van der Waals surface area contributed by atoms with Crippen molar-refractivity contribution >= 4 is 0 Å². The van der Waals surface area contributed by atoms with Gasteiger partial charge in [0.2, 0.25) is 0 Å². The van der Waals surface area contributed by atoms with E-state index in [0.29, 0.717) is 12.5 Å². The van der Waals surface area contributed by atoms with Gasteiger partial charge in [-0.25, -0.2) is 0 Å². The summed E-state index contributed by atoms with van der Waals surface area (Å²) >= 11 is 0. The van der Waals surface area contributed by atoms with Gasteiger partial charge in [0.25, 0.3) is 0 Å². The third-order valence-corrected chi connectivity index (χ3v) is 2.68. The second-order valence-corrected chi connectivity index (χ2v) is 3.62. The quantitative estimate of drug-likeness (QED) is 0.678. The lowest BCUT2D eigenvalue weighted by Crippen LogP contribution is -2.39. The smallest absolute Gasteiger partial charge is 0.147 e. The molecule has 0 bridgehead atoms. The largest absolute Gasteiger partial charge is 0.315 e. The third kappa shape index (κ3) is 1.61. The maximum Gasteiger partial charge on any atom is 0.147 e. The Balaban J connectivity index is 2.04. The molecule has 1 aromatic rings. The first kappa shape index (κ1) is 9.16. The third-order valence-electron chi connectivity index (χ3n) is 2.68. The second kappa shape index (κ2) is 3.76. The first-order valence-corrected chi connectivity index (χ1v) is 4.79. The molecule has 0 aliphatic carbocycles. The molecule has 1 aliphatic rings. The summed E-state index contributed by atoms with van der Waals surface area (Å²) in [6.07, 6.45) is 2.34. The molecule has 1 atom stereocenters. The Morgan fingerprint density at radius 2 is 2.50 bits per heavy atom. The van der Waals surface area contributed by atoms with Gasteiger partial charge in [0.05, 0.1) is 19.0 Å². The maximum atomic E-state index is 8.61. The van der Waals surface area contributed by atoms with Gasteiger partial charge in [-0.1, -0.05) is 0 Å². The minimum atomic E-state index is 0.311. The minimum absolute atomic E-state index is 0.311. The highest BCUT2D eigenvalue weighted by molar-refractivity contribution is 4.92. The van der Waals surface area contributed by atoms with E-state index < -0.39 is 0 Å². The molecule has 0 amide bonds. The fourth-order valence-electron chi connectivity index (χ4n) is 1.72. The van der Waals surface area contributed by atoms with E-state index in [1.807, 2.05) is 0 Å². The average molecular weight is 191 g/mol. The fourth-order valence-corrected chi connectivity index (χ4v) is 1.72. The Morgan fingerprint density at radius 1 is 1.64 bits per heavy atom. The number of nitrogens with zero attached hydrogens (tertiary/aromatic N) is 5. The molecular weight excluding hydrogens is 178 g/mol. The summed E-state index contributed by atoms with van der Waals surface area (Å²) < 4.78 is 2.07. The molecule has 0 radical (unpaired) electrons. The number of hydrogen-bond acceptors (Lipinski definition) is 4. The first-order chi connectivity index (χ1) is 6.81. The molecule has 1 unspecified atom stereocenters. The lowest BCUT2D eigenvalue weighted by molar-refractivity contribution is 0.164. The van der Waals surface area contributed by atoms with E-state index in [1.54, 1.807) is 6.33 Å². The zero-order valence-corrected chi connectivity index (χ0v) is 8.22. The van der Waals surface area contributed by atoms with Crippen molar-refractivity contribution in [1.82, 2.24) is 19.7 Å². The van der Waals surface area contributed by atoms with Crippen LogP contribution >= 0.6 is 0 Å². The van der Waals surface area contributed by atoms with Crippen LogP contribution in [0, 0.1) is 11.3 Å². The Kier molecular flexibility index (Phi) is 2.46. The molecule has 0 saturated heterocycles. The highest BCUT2D eigenvalue weighted by Gasteiger charge is 2.21. The van der Waals surface area contributed by atoms with Crippen LogP contribution in [-0.2, 0) is 13.1 Å². The van der Waals surface area contributed by atoms with Gasteiger partial charge in [-0.05, 0) is 6.92 Å². The van der Waals surface area contributed by atoms with Gasteiger partial charge < -0.3 is 4.57 Å². The molecule has 2 rings (SSSR count). The summed E-state index contributed by atoms with van der Waals surface area (Å²) in [5, 5.41) is 16.5. The Bertz CT molecular complexity index is 350. The van der Waals surface area contributed by atoms with Gasteiger partial charge in [0, 0.05) is 19.1 Å². The van der Waals surface area contributed by atoms with Crippen LogP contribution in [0.1, 0.15) is 19.2 Å². The maximum absolute atomic E-state index is 8.61. The van der Waals surface area contributed by atoms with Gasteiger partial charge in [-0.3, -0.25) is 4.90 Å². The first-order valence-electron chi connectivity index (χ1n) is 4.79. The van der Waals surface area contributed by atoms with Crippen LogP contribution < -0.4 is 0 Å². The van der Waals surface area contributed by atoms with E-state index in [1.165, 1.54) is 0 Å². The summed E-state index contributed by atoms with van der Waals surface area (Å²) in [6.45, 7) is 4.80. The predicted octanol–water partition coefficient (Wildman–Crippen LogP) is 0.396. The molecule has 5 nitrogen and oxygen atoms in total. The van der Waals surface area contributed by atoms with E-state index in [2.05, 4.69) is 32.7 Å². The van der Waals surface area contributed by atoms with Crippen LogP contribution in [0.2, 0.25) is 0 Å². The highest BCUT2D eigenvalue weighted by atomic mass is 15.3. The predicted molar refractivity (Wildman–Crippen MR) is 50.1 cm³/mol. The van der Waals surface area contributed by atoms with Gasteiger partial charge in [0.1, 0.15) is 12.2 Å². The molecule has 2 heterocycles. The molecule has 74 valence electrons. The van der Waals surface area contributed by atoms with E-state index in [0.717, 1.165) is 25.5 Å². The van der Waals surface area contributed by atoms with Gasteiger partial charge in [-0.2, -0.15) is 5.26 Å². The average Bonchev–Trinajstić information content (AvgIpc) is 2.64. The molecule has 14 heavy (non-hydrogen) atoms. The van der Waals surface area contributed by atoms with Crippen molar-refractivity contribution in [3.8, 4) is 6.07 Å². The minimum Gasteiger partial charge on any atom is -0.315 e. The number of aromatic nitrogens is 3. The highest BCUT2D eigenvalue weighted by Crippen LogP contribution is 2.13. The van der Waals surface area contributed by atoms with Gasteiger partial charge in [0.15, 0.2) is 0 Å². The Hall–Kier alpha value is -1.41. The molecule has 1 aliphatic heterocycles. The molecule has 0 spiro atoms. The van der Waals surface area contributed by atoms with Crippen LogP contribution in [0.25, 0.3) is 0 Å². The van der Waals surface area contributed by atoms with E-state index in [9.17, 15) is 0 Å². The second-order valence-electron chi connectivity index (χ2n) is 3.62. The summed E-state index contributed by atoms with van der Waals surface area (Å²) in [6, 6.07) is 2.51. The molecule has 0 saturated carbocycles. The Labute approximate surface area is 83.0 Å². The number of rotatable bonds is 2. The molecule has 0 N–H and O–H groups in total. The summed E-state index contributed by atoms with van der Waals surface area (Å²) in [7, 11) is 0. The summed E-state index contributed by atoms with van der Waals surface area (Å²) in [5.41, 5.74) is 0. The van der Waals surface area contributed by atoms with Crippen molar-refractivity contribution in [2.24, 2.45) is 0 Å². The molecule has 0 aromatic carbocycles. The van der Waals surface area contributed by atoms with E-state index >= 15 is 0 Å². The van der Waals surface area contributed by atoms with Crippen molar-refractivity contribution in [1.29, 1.82) is 5.26 Å².